The number of guanidine groups is 1. The van der Waals surface area contributed by atoms with Crippen LogP contribution in [0.4, 0.5) is 0 Å². The van der Waals surface area contributed by atoms with E-state index in [-0.39, 0.29) is 0 Å². The average molecular weight is 336 g/mol. The fourth-order valence-corrected chi connectivity index (χ4v) is 3.73. The second-order valence-corrected chi connectivity index (χ2v) is 6.75. The Kier molecular flexibility index (Phi) is 8.32. The van der Waals surface area contributed by atoms with Gasteiger partial charge >= 0.3 is 0 Å². The summed E-state index contributed by atoms with van der Waals surface area (Å²) in [6.07, 6.45) is 1.25. The molecule has 1 aromatic carbocycles. The number of likely N-dealkylation sites (tertiary alicyclic amines) is 1. The van der Waals surface area contributed by atoms with Crippen LogP contribution >= 0.6 is 11.8 Å². The van der Waals surface area contributed by atoms with Crippen LogP contribution in [0.15, 0.2) is 40.2 Å². The molecule has 4 nitrogen and oxygen atoms in total. The summed E-state index contributed by atoms with van der Waals surface area (Å²) in [7, 11) is 0. The normalized spacial score (nSPS) is 18.4. The van der Waals surface area contributed by atoms with Gasteiger partial charge in [-0.3, -0.25) is 4.99 Å². The first-order valence-corrected chi connectivity index (χ1v) is 9.60. The summed E-state index contributed by atoms with van der Waals surface area (Å²) in [5, 5.41) is 3.41. The van der Waals surface area contributed by atoms with E-state index in [1.54, 1.807) is 0 Å². The standard InChI is InChI=1S/C18H29N3OS/c1-3-19-18(20-11-13-22-4-2)21-12-10-16(14-21)15-23-17-8-6-5-7-9-17/h5-9,16H,3-4,10-15H2,1-2H3,(H,19,20). The summed E-state index contributed by atoms with van der Waals surface area (Å²) >= 11 is 1.96. The van der Waals surface area contributed by atoms with Gasteiger partial charge in [0.2, 0.25) is 0 Å². The molecule has 0 bridgehead atoms. The van der Waals surface area contributed by atoms with Gasteiger partial charge in [0.15, 0.2) is 5.96 Å². The highest BCUT2D eigenvalue weighted by atomic mass is 32.2. The van der Waals surface area contributed by atoms with Crippen LogP contribution in [0.5, 0.6) is 0 Å². The molecule has 1 atom stereocenters. The Morgan fingerprint density at radius 2 is 2.17 bits per heavy atom. The summed E-state index contributed by atoms with van der Waals surface area (Å²) in [6, 6.07) is 10.7. The maximum atomic E-state index is 5.38. The summed E-state index contributed by atoms with van der Waals surface area (Å²) < 4.78 is 5.38. The van der Waals surface area contributed by atoms with Crippen LogP contribution in [0.1, 0.15) is 20.3 Å². The predicted molar refractivity (Wildman–Crippen MR) is 99.3 cm³/mol. The molecule has 1 unspecified atom stereocenters. The Hall–Kier alpha value is -1.20. The highest BCUT2D eigenvalue weighted by molar-refractivity contribution is 7.99. The van der Waals surface area contributed by atoms with Crippen molar-refractivity contribution in [3.05, 3.63) is 30.3 Å². The van der Waals surface area contributed by atoms with Crippen molar-refractivity contribution in [3.8, 4) is 0 Å². The first kappa shape index (κ1) is 18.1. The Balaban J connectivity index is 1.79. The maximum Gasteiger partial charge on any atom is 0.194 e. The number of nitrogens with one attached hydrogen (secondary N) is 1. The number of thioether (sulfide) groups is 1. The minimum Gasteiger partial charge on any atom is -0.380 e. The third kappa shape index (κ3) is 6.43. The third-order valence-corrected chi connectivity index (χ3v) is 5.09. The highest BCUT2D eigenvalue weighted by Gasteiger charge is 2.24. The van der Waals surface area contributed by atoms with E-state index in [0.717, 1.165) is 44.7 Å². The second-order valence-electron chi connectivity index (χ2n) is 5.66. The van der Waals surface area contributed by atoms with E-state index >= 15 is 0 Å². The van der Waals surface area contributed by atoms with Gasteiger partial charge < -0.3 is 15.0 Å². The first-order chi connectivity index (χ1) is 11.3. The summed E-state index contributed by atoms with van der Waals surface area (Å²) in [5.41, 5.74) is 0. The molecule has 5 heteroatoms. The lowest BCUT2D eigenvalue weighted by Crippen LogP contribution is -2.40. The lowest BCUT2D eigenvalue weighted by Gasteiger charge is -2.21. The lowest BCUT2D eigenvalue weighted by molar-refractivity contribution is 0.155. The minimum absolute atomic E-state index is 0.701. The molecule has 0 aliphatic carbocycles. The number of benzene rings is 1. The zero-order valence-electron chi connectivity index (χ0n) is 14.3. The van der Waals surface area contributed by atoms with Crippen molar-refractivity contribution >= 4 is 17.7 Å². The van der Waals surface area contributed by atoms with Crippen molar-refractivity contribution in [3.63, 3.8) is 0 Å². The monoisotopic (exact) mass is 335 g/mol. The van der Waals surface area contributed by atoms with E-state index in [2.05, 4.69) is 52.5 Å². The van der Waals surface area contributed by atoms with Crippen molar-refractivity contribution < 1.29 is 4.74 Å². The maximum absolute atomic E-state index is 5.38. The summed E-state index contributed by atoms with van der Waals surface area (Å²) in [4.78, 5) is 8.44. The van der Waals surface area contributed by atoms with E-state index in [0.29, 0.717) is 6.61 Å². The van der Waals surface area contributed by atoms with Crippen LogP contribution in [0, 0.1) is 5.92 Å². The predicted octanol–water partition coefficient (Wildman–Crippen LogP) is 3.10. The Morgan fingerprint density at radius 1 is 1.35 bits per heavy atom. The molecule has 0 aromatic heterocycles. The van der Waals surface area contributed by atoms with Crippen LogP contribution in [0.3, 0.4) is 0 Å². The molecule has 1 fully saturated rings. The van der Waals surface area contributed by atoms with Crippen LogP contribution in [-0.2, 0) is 4.74 Å². The van der Waals surface area contributed by atoms with Gasteiger partial charge in [-0.25, -0.2) is 0 Å². The van der Waals surface area contributed by atoms with Gasteiger partial charge in [-0.2, -0.15) is 0 Å². The molecule has 23 heavy (non-hydrogen) atoms. The Morgan fingerprint density at radius 3 is 2.91 bits per heavy atom. The van der Waals surface area contributed by atoms with E-state index in [1.165, 1.54) is 17.1 Å². The van der Waals surface area contributed by atoms with Gasteiger partial charge in [0.1, 0.15) is 0 Å². The average Bonchev–Trinajstić information content (AvgIpc) is 3.06. The molecule has 1 aliphatic heterocycles. The van der Waals surface area contributed by atoms with Gasteiger partial charge in [0.05, 0.1) is 13.2 Å². The van der Waals surface area contributed by atoms with E-state index in [9.17, 15) is 0 Å². The van der Waals surface area contributed by atoms with Crippen LogP contribution in [0.25, 0.3) is 0 Å². The second kappa shape index (κ2) is 10.6. The van der Waals surface area contributed by atoms with Gasteiger partial charge in [-0.15, -0.1) is 11.8 Å². The number of hydrogen-bond donors (Lipinski definition) is 1. The number of hydrogen-bond acceptors (Lipinski definition) is 3. The zero-order chi connectivity index (χ0) is 16.3. The quantitative estimate of drug-likeness (QED) is 0.343. The first-order valence-electron chi connectivity index (χ1n) is 8.62. The summed E-state index contributed by atoms with van der Waals surface area (Å²) in [5.74, 6) is 2.95. The molecule has 1 aliphatic rings. The SMILES string of the molecule is CCNC(=NCCOCC)N1CCC(CSc2ccccc2)C1. The Bertz CT molecular complexity index is 467. The fourth-order valence-electron chi connectivity index (χ4n) is 2.68. The number of rotatable bonds is 8. The van der Waals surface area contributed by atoms with Gasteiger partial charge in [-0.1, -0.05) is 18.2 Å². The summed E-state index contributed by atoms with van der Waals surface area (Å²) in [6.45, 7) is 9.44. The van der Waals surface area contributed by atoms with Crippen molar-refractivity contribution in [2.75, 3.05) is 45.1 Å². The van der Waals surface area contributed by atoms with Crippen LogP contribution in [0.2, 0.25) is 0 Å². The van der Waals surface area contributed by atoms with E-state index in [1.807, 2.05) is 18.7 Å². The van der Waals surface area contributed by atoms with Gasteiger partial charge in [0, 0.05) is 36.9 Å². The number of ether oxygens (including phenoxy) is 1. The largest absolute Gasteiger partial charge is 0.380 e. The molecular weight excluding hydrogens is 306 g/mol. The minimum atomic E-state index is 0.701. The zero-order valence-corrected chi connectivity index (χ0v) is 15.1. The third-order valence-electron chi connectivity index (χ3n) is 3.85. The molecule has 128 valence electrons. The molecule has 1 N–H and O–H groups in total. The van der Waals surface area contributed by atoms with E-state index < -0.39 is 0 Å². The van der Waals surface area contributed by atoms with Gasteiger partial charge in [-0.05, 0) is 38.3 Å². The molecule has 1 heterocycles. The molecule has 0 radical (unpaired) electrons. The van der Waals surface area contributed by atoms with Crippen molar-refractivity contribution in [1.29, 1.82) is 0 Å². The van der Waals surface area contributed by atoms with Crippen molar-refractivity contribution in [2.24, 2.45) is 10.9 Å². The number of nitrogens with zero attached hydrogens (tertiary/aromatic N) is 2. The Labute approximate surface area is 144 Å². The van der Waals surface area contributed by atoms with Crippen molar-refractivity contribution in [1.82, 2.24) is 10.2 Å². The molecule has 0 amide bonds. The fraction of sp³-hybridized carbons (Fsp3) is 0.611. The molecule has 0 spiro atoms. The van der Waals surface area contributed by atoms with Gasteiger partial charge in [0.25, 0.3) is 0 Å². The molecular formula is C18H29N3OS. The molecule has 1 aromatic rings. The molecule has 1 saturated heterocycles. The molecule has 2 rings (SSSR count). The lowest BCUT2D eigenvalue weighted by atomic mass is 10.2. The van der Waals surface area contributed by atoms with Crippen molar-refractivity contribution in [2.45, 2.75) is 25.2 Å². The molecule has 0 saturated carbocycles. The van der Waals surface area contributed by atoms with Crippen LogP contribution in [-0.4, -0.2) is 56.0 Å². The highest BCUT2D eigenvalue weighted by Crippen LogP contribution is 2.25. The van der Waals surface area contributed by atoms with Crippen LogP contribution < -0.4 is 5.32 Å². The van der Waals surface area contributed by atoms with E-state index in [4.69, 9.17) is 4.74 Å². The smallest absolute Gasteiger partial charge is 0.194 e. The number of aliphatic imine (C=N–C) groups is 1. The topological polar surface area (TPSA) is 36.9 Å².